The van der Waals surface area contributed by atoms with Crippen molar-refractivity contribution in [2.45, 2.75) is 70.7 Å². The molecule has 44 heavy (non-hydrogen) atoms. The van der Waals surface area contributed by atoms with E-state index in [0.717, 1.165) is 29.9 Å². The first-order valence-corrected chi connectivity index (χ1v) is 17.0. The lowest BCUT2D eigenvalue weighted by Crippen LogP contribution is -2.58. The second kappa shape index (κ2) is 11.5. The van der Waals surface area contributed by atoms with Gasteiger partial charge in [-0.15, -0.1) is 11.3 Å². The van der Waals surface area contributed by atoms with Crippen LogP contribution in [0.1, 0.15) is 62.2 Å². The average molecular weight is 655 g/mol. The summed E-state index contributed by atoms with van der Waals surface area (Å²) >= 11 is 0.997. The highest BCUT2D eigenvalue weighted by Gasteiger charge is 2.51. The number of nitrogens with one attached hydrogen (secondary N) is 1. The third-order valence-corrected chi connectivity index (χ3v) is 11.0. The lowest BCUT2D eigenvalue weighted by atomic mass is 9.85. The number of halogens is 2. The predicted octanol–water partition coefficient (Wildman–Crippen LogP) is 3.34. The molecule has 3 N–H and O–H groups in total. The van der Waals surface area contributed by atoms with Crippen LogP contribution in [0.2, 0.25) is 0 Å². The number of nitrogens with zero attached hydrogens (tertiary/aromatic N) is 3. The molecular formula is C29H37F2N4O7PS. The molecule has 0 radical (unpaired) electrons. The van der Waals surface area contributed by atoms with E-state index in [1.165, 1.54) is 24.0 Å². The number of carbonyl (C=O) groups excluding carboxylic acids is 4. The van der Waals surface area contributed by atoms with Crippen LogP contribution in [0.3, 0.4) is 0 Å². The minimum absolute atomic E-state index is 0.00798. The lowest BCUT2D eigenvalue weighted by molar-refractivity contribution is -0.146. The van der Waals surface area contributed by atoms with Crippen molar-refractivity contribution in [3.05, 3.63) is 34.7 Å². The summed E-state index contributed by atoms with van der Waals surface area (Å²) in [5, 5.41) is 3.00. The van der Waals surface area contributed by atoms with Crippen LogP contribution in [0.4, 0.5) is 8.78 Å². The van der Waals surface area contributed by atoms with Gasteiger partial charge in [-0.25, -0.2) is 0 Å². The topological polar surface area (TPSA) is 148 Å². The first kappa shape index (κ1) is 32.5. The molecule has 240 valence electrons. The Morgan fingerprint density at radius 1 is 1.05 bits per heavy atom. The molecule has 3 saturated heterocycles. The van der Waals surface area contributed by atoms with Crippen molar-refractivity contribution < 1.29 is 42.3 Å². The van der Waals surface area contributed by atoms with E-state index in [-0.39, 0.29) is 34.0 Å². The van der Waals surface area contributed by atoms with Crippen LogP contribution >= 0.6 is 18.9 Å². The van der Waals surface area contributed by atoms with Gasteiger partial charge in [0.15, 0.2) is 0 Å². The highest BCUT2D eigenvalue weighted by atomic mass is 32.1. The molecule has 11 nitrogen and oxygen atoms in total. The first-order chi connectivity index (χ1) is 20.4. The highest BCUT2D eigenvalue weighted by molar-refractivity contribution is 7.52. The summed E-state index contributed by atoms with van der Waals surface area (Å²) in [5.41, 5.74) is -6.00. The zero-order chi connectivity index (χ0) is 32.4. The zero-order valence-electron chi connectivity index (χ0n) is 25.0. The highest BCUT2D eigenvalue weighted by Crippen LogP contribution is 2.59. The molecule has 4 amide bonds. The molecule has 4 atom stereocenters. The van der Waals surface area contributed by atoms with Gasteiger partial charge in [-0.1, -0.05) is 26.8 Å². The Labute approximate surface area is 257 Å². The Balaban J connectivity index is 1.32. The molecule has 1 aromatic heterocycles. The number of likely N-dealkylation sites (tertiary alicyclic amines) is 3. The standard InChI is InChI=1S/C29H37F2N4O7PS/c1-16(36)34-11-9-17-14-33(15-21(17)34)26(38)20-6-5-10-35(20)27(39)24(28(2,3)4)32-25(37)23-13-18-12-19(7-8-22(18)44-23)29(30,31)43(40,41)42/h7-8,12-13,17,20-21,24H,5-6,9-11,14-15H2,1-4H3,(H,32,37)(H2,40,41,42)/t17-,20-,21+,24+/m0/s1. The molecular weight excluding hydrogens is 617 g/mol. The van der Waals surface area contributed by atoms with Gasteiger partial charge in [0.2, 0.25) is 17.7 Å². The van der Waals surface area contributed by atoms with Crippen molar-refractivity contribution in [1.82, 2.24) is 20.0 Å². The van der Waals surface area contributed by atoms with Gasteiger partial charge in [0, 0.05) is 49.3 Å². The molecule has 5 rings (SSSR count). The summed E-state index contributed by atoms with van der Waals surface area (Å²) in [6.07, 6.45) is 1.96. The van der Waals surface area contributed by atoms with E-state index in [4.69, 9.17) is 9.79 Å². The molecule has 4 heterocycles. The Bertz CT molecular complexity index is 1550. The fourth-order valence-corrected chi connectivity index (χ4v) is 7.98. The van der Waals surface area contributed by atoms with Gasteiger partial charge in [0.25, 0.3) is 5.91 Å². The molecule has 15 heteroatoms. The third kappa shape index (κ3) is 5.89. The molecule has 0 spiro atoms. The van der Waals surface area contributed by atoms with Crippen molar-refractivity contribution in [1.29, 1.82) is 0 Å². The monoisotopic (exact) mass is 654 g/mol. The van der Waals surface area contributed by atoms with Crippen molar-refractivity contribution >= 4 is 52.6 Å². The van der Waals surface area contributed by atoms with Gasteiger partial charge in [0.05, 0.1) is 10.9 Å². The molecule has 3 fully saturated rings. The van der Waals surface area contributed by atoms with Gasteiger partial charge in [-0.05, 0) is 48.3 Å². The fourth-order valence-electron chi connectivity index (χ4n) is 6.56. The largest absolute Gasteiger partial charge is 0.399 e. The molecule has 0 saturated carbocycles. The maximum Gasteiger partial charge on any atom is 0.399 e. The smallest absolute Gasteiger partial charge is 0.339 e. The number of rotatable bonds is 6. The van der Waals surface area contributed by atoms with Gasteiger partial charge in [-0.3, -0.25) is 23.7 Å². The summed E-state index contributed by atoms with van der Waals surface area (Å²) in [6, 6.07) is 2.78. The van der Waals surface area contributed by atoms with E-state index in [0.29, 0.717) is 43.7 Å². The number of benzene rings is 1. The summed E-state index contributed by atoms with van der Waals surface area (Å²) in [6.45, 7) is 8.94. The lowest BCUT2D eigenvalue weighted by Gasteiger charge is -2.36. The second-order valence-electron chi connectivity index (χ2n) is 13.0. The van der Waals surface area contributed by atoms with E-state index in [9.17, 15) is 32.5 Å². The van der Waals surface area contributed by atoms with Crippen LogP contribution in [0.15, 0.2) is 24.3 Å². The maximum absolute atomic E-state index is 14.3. The van der Waals surface area contributed by atoms with Crippen LogP contribution in [0.5, 0.6) is 0 Å². The average Bonchev–Trinajstić information content (AvgIpc) is 3.71. The number of thiophene rings is 1. The Morgan fingerprint density at radius 3 is 2.39 bits per heavy atom. The van der Waals surface area contributed by atoms with Gasteiger partial charge >= 0.3 is 13.3 Å². The third-order valence-electron chi connectivity index (χ3n) is 8.93. The first-order valence-electron chi connectivity index (χ1n) is 14.5. The van der Waals surface area contributed by atoms with Crippen molar-refractivity contribution in [3.63, 3.8) is 0 Å². The Morgan fingerprint density at radius 2 is 1.75 bits per heavy atom. The molecule has 0 unspecified atom stereocenters. The second-order valence-corrected chi connectivity index (χ2v) is 15.7. The minimum Gasteiger partial charge on any atom is -0.339 e. The van der Waals surface area contributed by atoms with E-state index < -0.39 is 48.1 Å². The summed E-state index contributed by atoms with van der Waals surface area (Å²) in [5.74, 6) is -0.945. The normalized spacial score (nSPS) is 23.3. The number of hydrogen-bond donors (Lipinski definition) is 3. The maximum atomic E-state index is 14.3. The zero-order valence-corrected chi connectivity index (χ0v) is 26.7. The number of amides is 4. The summed E-state index contributed by atoms with van der Waals surface area (Å²) in [7, 11) is -5.77. The van der Waals surface area contributed by atoms with Gasteiger partial charge in [0.1, 0.15) is 12.1 Å². The molecule has 3 aliphatic heterocycles. The van der Waals surface area contributed by atoms with Gasteiger partial charge in [-0.2, -0.15) is 8.78 Å². The predicted molar refractivity (Wildman–Crippen MR) is 159 cm³/mol. The molecule has 0 bridgehead atoms. The van der Waals surface area contributed by atoms with Crippen LogP contribution in [0.25, 0.3) is 10.1 Å². The fraction of sp³-hybridized carbons (Fsp3) is 0.586. The molecule has 1 aromatic carbocycles. The van der Waals surface area contributed by atoms with Gasteiger partial charge < -0.3 is 29.8 Å². The van der Waals surface area contributed by atoms with Crippen LogP contribution in [-0.2, 0) is 24.6 Å². The van der Waals surface area contributed by atoms with Crippen molar-refractivity contribution in [2.24, 2.45) is 11.3 Å². The number of fused-ring (bicyclic) bond motifs is 2. The Kier molecular flexibility index (Phi) is 8.45. The minimum atomic E-state index is -5.77. The number of alkyl halides is 2. The van der Waals surface area contributed by atoms with Crippen molar-refractivity contribution in [3.8, 4) is 0 Å². The van der Waals surface area contributed by atoms with E-state index in [1.54, 1.807) is 25.7 Å². The van der Waals surface area contributed by atoms with E-state index in [1.807, 2.05) is 4.90 Å². The van der Waals surface area contributed by atoms with E-state index >= 15 is 0 Å². The number of carbonyl (C=O) groups is 4. The SMILES string of the molecule is CC(=O)N1CC[C@H]2CN(C(=O)[C@@H]3CCCN3C(=O)[C@@H](NC(=O)c3cc4cc(C(F)(F)P(=O)(O)O)ccc4s3)C(C)(C)C)C[C@H]21. The van der Waals surface area contributed by atoms with E-state index in [2.05, 4.69) is 5.32 Å². The molecule has 3 aliphatic rings. The number of hydrogen-bond acceptors (Lipinski definition) is 6. The van der Waals surface area contributed by atoms with Crippen molar-refractivity contribution in [2.75, 3.05) is 26.2 Å². The quantitative estimate of drug-likeness (QED) is 0.405. The summed E-state index contributed by atoms with van der Waals surface area (Å²) < 4.78 is 40.3. The van der Waals surface area contributed by atoms with Crippen LogP contribution in [0, 0.1) is 11.3 Å². The van der Waals surface area contributed by atoms with Crippen LogP contribution < -0.4 is 5.32 Å². The molecule has 2 aromatic rings. The summed E-state index contributed by atoms with van der Waals surface area (Å²) in [4.78, 5) is 76.5. The van der Waals surface area contributed by atoms with Crippen LogP contribution in [-0.4, -0.2) is 92.4 Å². The Hall–Kier alpha value is -2.93. The molecule has 0 aliphatic carbocycles.